The normalized spacial score (nSPS) is 9.71. The van der Waals surface area contributed by atoms with Crippen LogP contribution in [0.25, 0.3) is 0 Å². The molecule has 84 valence electrons. The number of nitrogens with one attached hydrogen (secondary N) is 1. The number of halogens is 2. The number of hydrogen-bond donors (Lipinski definition) is 1. The molecule has 0 spiro atoms. The van der Waals surface area contributed by atoms with E-state index in [-0.39, 0.29) is 0 Å². The molecule has 2 rings (SSSR count). The first-order valence-electron chi connectivity index (χ1n) is 4.91. The first-order valence-corrected chi connectivity index (χ1v) is 6.08. The van der Waals surface area contributed by atoms with Crippen molar-refractivity contribution in [3.05, 3.63) is 57.5 Å². The molecule has 2 nitrogen and oxygen atoms in total. The van der Waals surface area contributed by atoms with Crippen LogP contribution in [-0.2, 0) is 0 Å². The minimum atomic E-state index is 0.528. The van der Waals surface area contributed by atoms with Gasteiger partial charge in [0.25, 0.3) is 0 Å². The lowest BCUT2D eigenvalue weighted by molar-refractivity contribution is 1.46. The van der Waals surface area contributed by atoms with Gasteiger partial charge >= 0.3 is 0 Å². The van der Waals surface area contributed by atoms with Crippen molar-refractivity contribution < 1.29 is 0 Å². The van der Waals surface area contributed by atoms with E-state index >= 15 is 0 Å². The Hall–Kier alpha value is -1.50. The maximum Gasteiger partial charge on any atom is 0.101 e. The van der Waals surface area contributed by atoms with Gasteiger partial charge in [-0.1, -0.05) is 27.5 Å². The summed E-state index contributed by atoms with van der Waals surface area (Å²) in [6.07, 6.45) is 0. The second kappa shape index (κ2) is 5.22. The van der Waals surface area contributed by atoms with Gasteiger partial charge in [-0.05, 0) is 42.5 Å². The second-order valence-corrected chi connectivity index (χ2v) is 4.79. The highest BCUT2D eigenvalue weighted by atomic mass is 79.9. The fourth-order valence-corrected chi connectivity index (χ4v) is 1.84. The van der Waals surface area contributed by atoms with Gasteiger partial charge in [0, 0.05) is 15.2 Å². The fraction of sp³-hybridized carbons (Fsp3) is 0. The summed E-state index contributed by atoms with van der Waals surface area (Å²) in [4.78, 5) is 0. The van der Waals surface area contributed by atoms with Crippen LogP contribution in [0, 0.1) is 11.3 Å². The Balaban J connectivity index is 2.30. The number of hydrogen-bond acceptors (Lipinski definition) is 2. The molecule has 0 aliphatic carbocycles. The van der Waals surface area contributed by atoms with E-state index in [1.165, 1.54) is 0 Å². The summed E-state index contributed by atoms with van der Waals surface area (Å²) in [6, 6.07) is 15.0. The zero-order valence-electron chi connectivity index (χ0n) is 8.74. The number of anilines is 2. The molecule has 0 heterocycles. The molecule has 1 N–H and O–H groups in total. The average molecular weight is 308 g/mol. The van der Waals surface area contributed by atoms with Crippen LogP contribution in [0.3, 0.4) is 0 Å². The fourth-order valence-electron chi connectivity index (χ4n) is 1.41. The molecular weight excluding hydrogens is 300 g/mol. The molecule has 4 heteroatoms. The van der Waals surface area contributed by atoms with Gasteiger partial charge in [0.15, 0.2) is 0 Å². The first-order chi connectivity index (χ1) is 8.19. The van der Waals surface area contributed by atoms with Gasteiger partial charge in [-0.3, -0.25) is 0 Å². The lowest BCUT2D eigenvalue weighted by atomic mass is 10.2. The highest BCUT2D eigenvalue weighted by Gasteiger charge is 2.03. The molecule has 0 aliphatic heterocycles. The molecule has 17 heavy (non-hydrogen) atoms. The summed E-state index contributed by atoms with van der Waals surface area (Å²) < 4.78 is 1.01. The molecule has 0 radical (unpaired) electrons. The summed E-state index contributed by atoms with van der Waals surface area (Å²) >= 11 is 9.21. The first kappa shape index (κ1) is 12.0. The molecule has 2 aromatic carbocycles. The van der Waals surface area contributed by atoms with Gasteiger partial charge in [-0.25, -0.2) is 0 Å². The lowest BCUT2D eigenvalue weighted by Crippen LogP contribution is -1.93. The van der Waals surface area contributed by atoms with Crippen LogP contribution in [0.5, 0.6) is 0 Å². The predicted octanol–water partition coefficient (Wildman–Crippen LogP) is 4.72. The summed E-state index contributed by atoms with van der Waals surface area (Å²) in [5, 5.41) is 12.7. The molecule has 0 fully saturated rings. The van der Waals surface area contributed by atoms with E-state index in [0.717, 1.165) is 15.8 Å². The Morgan fingerprint density at radius 2 is 1.82 bits per heavy atom. The summed E-state index contributed by atoms with van der Waals surface area (Å²) in [7, 11) is 0. The van der Waals surface area contributed by atoms with Crippen molar-refractivity contribution in [3.63, 3.8) is 0 Å². The third-order valence-electron chi connectivity index (χ3n) is 2.23. The maximum absolute atomic E-state index is 9.01. The Morgan fingerprint density at radius 1 is 1.12 bits per heavy atom. The zero-order valence-corrected chi connectivity index (χ0v) is 11.1. The minimum absolute atomic E-state index is 0.528. The van der Waals surface area contributed by atoms with Gasteiger partial charge < -0.3 is 5.32 Å². The van der Waals surface area contributed by atoms with Crippen molar-refractivity contribution in [2.24, 2.45) is 0 Å². The van der Waals surface area contributed by atoms with Gasteiger partial charge in [0.2, 0.25) is 0 Å². The smallest absolute Gasteiger partial charge is 0.101 e. The Labute approximate surface area is 113 Å². The number of nitriles is 1. The Kier molecular flexibility index (Phi) is 3.68. The van der Waals surface area contributed by atoms with E-state index in [1.807, 2.05) is 24.3 Å². The van der Waals surface area contributed by atoms with E-state index in [4.69, 9.17) is 16.9 Å². The van der Waals surface area contributed by atoms with Crippen LogP contribution in [-0.4, -0.2) is 0 Å². The molecule has 0 aliphatic rings. The number of rotatable bonds is 2. The van der Waals surface area contributed by atoms with Crippen molar-refractivity contribution in [2.75, 3.05) is 5.32 Å². The molecule has 2 aromatic rings. The molecule has 0 bridgehead atoms. The molecule has 0 saturated carbocycles. The largest absolute Gasteiger partial charge is 0.354 e. The summed E-state index contributed by atoms with van der Waals surface area (Å²) in [5.41, 5.74) is 2.20. The molecule has 0 aromatic heterocycles. The van der Waals surface area contributed by atoms with Crippen LogP contribution in [0.1, 0.15) is 5.56 Å². The molecular formula is C13H8BrClN2. The highest BCUT2D eigenvalue weighted by molar-refractivity contribution is 9.10. The predicted molar refractivity (Wildman–Crippen MR) is 73.6 cm³/mol. The molecule has 0 saturated heterocycles. The minimum Gasteiger partial charge on any atom is -0.354 e. The van der Waals surface area contributed by atoms with E-state index < -0.39 is 0 Å². The van der Waals surface area contributed by atoms with Crippen molar-refractivity contribution in [3.8, 4) is 6.07 Å². The van der Waals surface area contributed by atoms with Gasteiger partial charge in [0.1, 0.15) is 6.07 Å². The van der Waals surface area contributed by atoms with E-state index in [2.05, 4.69) is 27.3 Å². The van der Waals surface area contributed by atoms with Gasteiger partial charge in [-0.2, -0.15) is 5.26 Å². The third kappa shape index (κ3) is 3.00. The average Bonchev–Trinajstić information content (AvgIpc) is 2.34. The Morgan fingerprint density at radius 3 is 2.47 bits per heavy atom. The topological polar surface area (TPSA) is 35.8 Å². The van der Waals surface area contributed by atoms with Crippen LogP contribution in [0.15, 0.2) is 46.9 Å². The zero-order chi connectivity index (χ0) is 12.3. The van der Waals surface area contributed by atoms with Crippen LogP contribution >= 0.6 is 27.5 Å². The lowest BCUT2D eigenvalue weighted by Gasteiger charge is -2.08. The highest BCUT2D eigenvalue weighted by Crippen LogP contribution is 2.24. The Bertz CT molecular complexity index is 573. The monoisotopic (exact) mass is 306 g/mol. The van der Waals surface area contributed by atoms with Crippen molar-refractivity contribution in [1.82, 2.24) is 0 Å². The van der Waals surface area contributed by atoms with Crippen LogP contribution in [0.2, 0.25) is 5.02 Å². The standard InChI is InChI=1S/C13H8BrClN2/c14-10-1-4-12(5-2-10)17-13-6-3-11(15)7-9(13)8-16/h1-7,17H. The summed E-state index contributed by atoms with van der Waals surface area (Å²) in [5.74, 6) is 0. The summed E-state index contributed by atoms with van der Waals surface area (Å²) in [6.45, 7) is 0. The molecule has 0 amide bonds. The molecule has 0 unspecified atom stereocenters. The van der Waals surface area contributed by atoms with E-state index in [0.29, 0.717) is 10.6 Å². The van der Waals surface area contributed by atoms with Crippen molar-refractivity contribution in [2.45, 2.75) is 0 Å². The third-order valence-corrected chi connectivity index (χ3v) is 2.99. The molecule has 0 atom stereocenters. The second-order valence-electron chi connectivity index (χ2n) is 3.43. The number of nitrogens with zero attached hydrogens (tertiary/aromatic N) is 1. The number of benzene rings is 2. The van der Waals surface area contributed by atoms with Crippen LogP contribution in [0.4, 0.5) is 11.4 Å². The van der Waals surface area contributed by atoms with Crippen molar-refractivity contribution >= 4 is 38.9 Å². The van der Waals surface area contributed by atoms with Gasteiger partial charge in [-0.15, -0.1) is 0 Å². The quantitative estimate of drug-likeness (QED) is 0.871. The van der Waals surface area contributed by atoms with Gasteiger partial charge in [0.05, 0.1) is 11.3 Å². The van der Waals surface area contributed by atoms with E-state index in [1.54, 1.807) is 18.2 Å². The SMILES string of the molecule is N#Cc1cc(Cl)ccc1Nc1ccc(Br)cc1. The van der Waals surface area contributed by atoms with Crippen LogP contribution < -0.4 is 5.32 Å². The maximum atomic E-state index is 9.01. The van der Waals surface area contributed by atoms with E-state index in [9.17, 15) is 0 Å². The van der Waals surface area contributed by atoms with Crippen molar-refractivity contribution in [1.29, 1.82) is 5.26 Å².